The van der Waals surface area contributed by atoms with E-state index in [1.165, 1.54) is 18.6 Å². The van der Waals surface area contributed by atoms with E-state index in [9.17, 15) is 8.78 Å². The number of ether oxygens (including phenoxy) is 1. The molecule has 0 amide bonds. The minimum absolute atomic E-state index is 0.116. The van der Waals surface area contributed by atoms with E-state index in [0.29, 0.717) is 6.04 Å². The number of anilines is 1. The number of rotatable bonds is 3. The van der Waals surface area contributed by atoms with Gasteiger partial charge in [-0.3, -0.25) is 4.99 Å². The van der Waals surface area contributed by atoms with Crippen molar-refractivity contribution in [1.29, 1.82) is 0 Å². The van der Waals surface area contributed by atoms with Crippen LogP contribution in [0.15, 0.2) is 29.3 Å². The number of benzene rings is 1. The summed E-state index contributed by atoms with van der Waals surface area (Å²) in [5.41, 5.74) is 2.21. The Morgan fingerprint density at radius 3 is 2.57 bits per heavy atom. The lowest BCUT2D eigenvalue weighted by atomic mass is 9.87. The van der Waals surface area contributed by atoms with Crippen LogP contribution in [0.3, 0.4) is 0 Å². The molecule has 1 fully saturated rings. The smallest absolute Gasteiger partial charge is 0.394 e. The second-order valence-electron chi connectivity index (χ2n) is 7.21. The predicted molar refractivity (Wildman–Crippen MR) is 88.8 cm³/mol. The molecule has 0 N–H and O–H groups in total. The second kappa shape index (κ2) is 5.77. The van der Waals surface area contributed by atoms with Crippen LogP contribution < -0.4 is 9.64 Å². The summed E-state index contributed by atoms with van der Waals surface area (Å²) in [7, 11) is 0. The lowest BCUT2D eigenvalue weighted by Crippen LogP contribution is -2.53. The van der Waals surface area contributed by atoms with Crippen molar-refractivity contribution >= 4 is 11.4 Å². The Morgan fingerprint density at radius 2 is 1.91 bits per heavy atom. The number of hydrogen-bond acceptors (Lipinski definition) is 3. The average molecular weight is 322 g/mol. The quantitative estimate of drug-likeness (QED) is 0.808. The van der Waals surface area contributed by atoms with E-state index < -0.39 is 6.11 Å². The first-order valence-corrected chi connectivity index (χ1v) is 8.26. The molecule has 5 heteroatoms. The molecule has 0 aromatic heterocycles. The van der Waals surface area contributed by atoms with Crippen molar-refractivity contribution in [3.63, 3.8) is 0 Å². The Bertz CT molecular complexity index is 590. The standard InChI is InChI=1S/C18H24F2N2O/c1-17(2)12-22(16-7-5-4-6-15(16)21-17)13-8-10-14(11-9-13)23-18(3,19)20/h8-11,16H,4-7,12H2,1-3H3. The lowest BCUT2D eigenvalue weighted by Gasteiger charge is -2.45. The number of halogens is 2. The Morgan fingerprint density at radius 1 is 1.22 bits per heavy atom. The fourth-order valence-corrected chi connectivity index (χ4v) is 3.58. The highest BCUT2D eigenvalue weighted by Crippen LogP contribution is 2.34. The SMILES string of the molecule is CC1(C)CN(c2ccc(OC(C)(F)F)cc2)C2CCCCC2=N1. The summed E-state index contributed by atoms with van der Waals surface area (Å²) >= 11 is 0. The molecule has 1 unspecified atom stereocenters. The molecule has 0 spiro atoms. The lowest BCUT2D eigenvalue weighted by molar-refractivity contribution is -0.158. The van der Waals surface area contributed by atoms with E-state index >= 15 is 0 Å². The number of nitrogens with zero attached hydrogens (tertiary/aromatic N) is 2. The van der Waals surface area contributed by atoms with Gasteiger partial charge in [0.15, 0.2) is 0 Å². The van der Waals surface area contributed by atoms with Gasteiger partial charge in [-0.25, -0.2) is 0 Å². The van der Waals surface area contributed by atoms with Crippen LogP contribution in [0.25, 0.3) is 0 Å². The van der Waals surface area contributed by atoms with Crippen LogP contribution in [0.4, 0.5) is 14.5 Å². The largest absolute Gasteiger partial charge is 0.433 e. The molecule has 1 aliphatic carbocycles. The zero-order chi connectivity index (χ0) is 16.7. The molecule has 126 valence electrons. The zero-order valence-electron chi connectivity index (χ0n) is 14.0. The highest BCUT2D eigenvalue weighted by molar-refractivity contribution is 5.94. The molecule has 1 aromatic rings. The summed E-state index contributed by atoms with van der Waals surface area (Å²) in [5, 5.41) is 0. The molecule has 1 atom stereocenters. The number of hydrogen-bond donors (Lipinski definition) is 0. The van der Waals surface area contributed by atoms with Crippen LogP contribution in [-0.2, 0) is 0 Å². The maximum absolute atomic E-state index is 12.9. The van der Waals surface area contributed by atoms with Gasteiger partial charge >= 0.3 is 6.11 Å². The highest BCUT2D eigenvalue weighted by Gasteiger charge is 2.36. The van der Waals surface area contributed by atoms with Crippen molar-refractivity contribution in [2.75, 3.05) is 11.4 Å². The first-order valence-electron chi connectivity index (χ1n) is 8.26. The topological polar surface area (TPSA) is 24.8 Å². The molecule has 0 bridgehead atoms. The van der Waals surface area contributed by atoms with Gasteiger partial charge in [-0.2, -0.15) is 8.78 Å². The molecule has 1 aliphatic heterocycles. The van der Waals surface area contributed by atoms with Crippen LogP contribution in [0.1, 0.15) is 46.5 Å². The summed E-state index contributed by atoms with van der Waals surface area (Å²) in [4.78, 5) is 7.30. The molecule has 23 heavy (non-hydrogen) atoms. The predicted octanol–water partition coefficient (Wildman–Crippen LogP) is 4.66. The van der Waals surface area contributed by atoms with Crippen molar-refractivity contribution in [2.24, 2.45) is 4.99 Å². The van der Waals surface area contributed by atoms with E-state index in [0.717, 1.165) is 32.0 Å². The van der Waals surface area contributed by atoms with Crippen LogP contribution in [0.5, 0.6) is 5.75 Å². The van der Waals surface area contributed by atoms with Gasteiger partial charge < -0.3 is 9.64 Å². The van der Waals surface area contributed by atoms with Gasteiger partial charge in [0.05, 0.1) is 11.6 Å². The molecule has 3 nitrogen and oxygen atoms in total. The maximum Gasteiger partial charge on any atom is 0.394 e. The van der Waals surface area contributed by atoms with Crippen molar-refractivity contribution in [3.8, 4) is 5.75 Å². The summed E-state index contributed by atoms with van der Waals surface area (Å²) in [6.07, 6.45) is 1.44. The van der Waals surface area contributed by atoms with E-state index in [-0.39, 0.29) is 11.3 Å². The van der Waals surface area contributed by atoms with Crippen LogP contribution >= 0.6 is 0 Å². The van der Waals surface area contributed by atoms with Gasteiger partial charge in [0.1, 0.15) is 5.75 Å². The molecular formula is C18H24F2N2O. The fourth-order valence-electron chi connectivity index (χ4n) is 3.58. The Labute approximate surface area is 136 Å². The molecule has 3 rings (SSSR count). The van der Waals surface area contributed by atoms with Gasteiger partial charge in [0, 0.05) is 24.9 Å². The van der Waals surface area contributed by atoms with E-state index in [1.807, 2.05) is 12.1 Å². The van der Waals surface area contributed by atoms with Crippen LogP contribution in [0.2, 0.25) is 0 Å². The summed E-state index contributed by atoms with van der Waals surface area (Å²) in [6, 6.07) is 7.32. The Kier molecular flexibility index (Phi) is 4.07. The van der Waals surface area contributed by atoms with Crippen molar-refractivity contribution < 1.29 is 13.5 Å². The first kappa shape index (κ1) is 16.2. The fraction of sp³-hybridized carbons (Fsp3) is 0.611. The van der Waals surface area contributed by atoms with Crippen LogP contribution in [0, 0.1) is 0 Å². The third-order valence-electron chi connectivity index (χ3n) is 4.39. The summed E-state index contributed by atoms with van der Waals surface area (Å²) in [5.74, 6) is 0.190. The van der Waals surface area contributed by atoms with Crippen LogP contribution in [-0.4, -0.2) is 29.9 Å². The summed E-state index contributed by atoms with van der Waals surface area (Å²) < 4.78 is 30.5. The molecule has 0 radical (unpaired) electrons. The minimum Gasteiger partial charge on any atom is -0.433 e. The van der Waals surface area contributed by atoms with Gasteiger partial charge in [-0.05, 0) is 57.4 Å². The monoisotopic (exact) mass is 322 g/mol. The molecule has 2 aliphatic rings. The van der Waals surface area contributed by atoms with Crippen molar-refractivity contribution in [2.45, 2.75) is 64.1 Å². The van der Waals surface area contributed by atoms with Gasteiger partial charge in [-0.1, -0.05) is 6.42 Å². The Hall–Kier alpha value is -1.65. The third-order valence-corrected chi connectivity index (χ3v) is 4.39. The third kappa shape index (κ3) is 3.82. The number of aliphatic imine (C=N–C) groups is 1. The van der Waals surface area contributed by atoms with E-state index in [1.54, 1.807) is 12.1 Å². The molecule has 0 saturated heterocycles. The van der Waals surface area contributed by atoms with E-state index in [2.05, 4.69) is 23.5 Å². The van der Waals surface area contributed by atoms with Gasteiger partial charge in [0.25, 0.3) is 0 Å². The van der Waals surface area contributed by atoms with Crippen molar-refractivity contribution in [1.82, 2.24) is 0 Å². The maximum atomic E-state index is 12.9. The van der Waals surface area contributed by atoms with Crippen molar-refractivity contribution in [3.05, 3.63) is 24.3 Å². The molecule has 1 aromatic carbocycles. The first-order chi connectivity index (χ1) is 10.7. The minimum atomic E-state index is -3.15. The second-order valence-corrected chi connectivity index (χ2v) is 7.21. The van der Waals surface area contributed by atoms with E-state index in [4.69, 9.17) is 4.99 Å². The highest BCUT2D eigenvalue weighted by atomic mass is 19.3. The Balaban J connectivity index is 1.84. The number of alkyl halides is 2. The average Bonchev–Trinajstić information content (AvgIpc) is 2.44. The number of fused-ring (bicyclic) bond motifs is 1. The molecule has 1 saturated carbocycles. The molecular weight excluding hydrogens is 298 g/mol. The van der Waals surface area contributed by atoms with Gasteiger partial charge in [-0.15, -0.1) is 0 Å². The summed E-state index contributed by atoms with van der Waals surface area (Å²) in [6.45, 7) is 5.88. The zero-order valence-corrected chi connectivity index (χ0v) is 14.0. The van der Waals surface area contributed by atoms with Gasteiger partial charge in [0.2, 0.25) is 0 Å². The molecule has 1 heterocycles. The normalized spacial score (nSPS) is 24.0.